The van der Waals surface area contributed by atoms with Crippen LogP contribution in [0.25, 0.3) is 0 Å². The fourth-order valence-corrected chi connectivity index (χ4v) is 2.72. The molecule has 0 aromatic carbocycles. The minimum atomic E-state index is 0.0115. The first-order valence-electron chi connectivity index (χ1n) is 8.85. The lowest BCUT2D eigenvalue weighted by Gasteiger charge is -2.29. The smallest absolute Gasteiger partial charge is 0.243 e. The van der Waals surface area contributed by atoms with E-state index < -0.39 is 0 Å². The van der Waals surface area contributed by atoms with Gasteiger partial charge in [-0.15, -0.1) is 0 Å². The van der Waals surface area contributed by atoms with Crippen LogP contribution < -0.4 is 10.6 Å². The summed E-state index contributed by atoms with van der Waals surface area (Å²) in [7, 11) is 3.51. The molecule has 1 amide bonds. The molecule has 23 heavy (non-hydrogen) atoms. The van der Waals surface area contributed by atoms with Crippen LogP contribution in [0.3, 0.4) is 0 Å². The molecule has 1 aliphatic carbocycles. The van der Waals surface area contributed by atoms with Gasteiger partial charge in [-0.2, -0.15) is 0 Å². The predicted molar refractivity (Wildman–Crippen MR) is 94.7 cm³/mol. The monoisotopic (exact) mass is 326 g/mol. The van der Waals surface area contributed by atoms with E-state index in [9.17, 15) is 4.79 Å². The van der Waals surface area contributed by atoms with Crippen LogP contribution >= 0.6 is 0 Å². The van der Waals surface area contributed by atoms with Crippen molar-refractivity contribution >= 4 is 11.9 Å². The summed E-state index contributed by atoms with van der Waals surface area (Å²) in [5, 5.41) is 6.82. The number of carbonyl (C=O) groups is 1. The Morgan fingerprint density at radius 2 is 2.13 bits per heavy atom. The van der Waals surface area contributed by atoms with Crippen LogP contribution in [-0.4, -0.2) is 63.2 Å². The summed E-state index contributed by atoms with van der Waals surface area (Å²) >= 11 is 0. The number of carbonyl (C=O) groups excluding carboxylic acids is 1. The molecule has 0 aromatic heterocycles. The Bertz CT molecular complexity index is 372. The number of nitrogens with one attached hydrogen (secondary N) is 2. The van der Waals surface area contributed by atoms with Gasteiger partial charge in [-0.1, -0.05) is 19.8 Å². The normalized spacial score (nSPS) is 21.8. The maximum Gasteiger partial charge on any atom is 0.243 e. The van der Waals surface area contributed by atoms with Crippen molar-refractivity contribution in [3.63, 3.8) is 0 Å². The van der Waals surface area contributed by atoms with Gasteiger partial charge >= 0.3 is 0 Å². The number of hydrogen-bond donors (Lipinski definition) is 2. The van der Waals surface area contributed by atoms with Crippen molar-refractivity contribution < 1.29 is 9.53 Å². The predicted octanol–water partition coefficient (Wildman–Crippen LogP) is 1.62. The van der Waals surface area contributed by atoms with Crippen molar-refractivity contribution in [1.82, 2.24) is 15.5 Å². The first-order valence-corrected chi connectivity index (χ1v) is 8.85. The van der Waals surface area contributed by atoms with Gasteiger partial charge in [0.1, 0.15) is 6.54 Å². The van der Waals surface area contributed by atoms with Crippen LogP contribution in [0.2, 0.25) is 0 Å². The summed E-state index contributed by atoms with van der Waals surface area (Å²) < 4.78 is 5.35. The average Bonchev–Trinajstić information content (AvgIpc) is 2.51. The summed E-state index contributed by atoms with van der Waals surface area (Å²) in [6.07, 6.45) is 5.84. The molecule has 0 radical (unpaired) electrons. The van der Waals surface area contributed by atoms with E-state index in [1.54, 1.807) is 19.0 Å². The SMILES string of the molecule is CCOCCCNC(=NCC(=O)N(C)C)NC1CCCC(C)C1. The molecule has 1 aliphatic rings. The number of hydrogen-bond acceptors (Lipinski definition) is 3. The lowest BCUT2D eigenvalue weighted by atomic mass is 9.87. The molecule has 1 fully saturated rings. The molecule has 2 unspecified atom stereocenters. The minimum absolute atomic E-state index is 0.0115. The number of amides is 1. The largest absolute Gasteiger partial charge is 0.382 e. The van der Waals surface area contributed by atoms with E-state index >= 15 is 0 Å². The van der Waals surface area contributed by atoms with Crippen LogP contribution in [-0.2, 0) is 9.53 Å². The van der Waals surface area contributed by atoms with Gasteiger partial charge in [0.15, 0.2) is 5.96 Å². The second-order valence-corrected chi connectivity index (χ2v) is 6.54. The van der Waals surface area contributed by atoms with Crippen LogP contribution in [0.5, 0.6) is 0 Å². The summed E-state index contributed by atoms with van der Waals surface area (Å²) in [4.78, 5) is 17.8. The van der Waals surface area contributed by atoms with Gasteiger partial charge in [-0.05, 0) is 32.1 Å². The van der Waals surface area contributed by atoms with Crippen LogP contribution in [0.1, 0.15) is 46.0 Å². The molecule has 0 heterocycles. The zero-order chi connectivity index (χ0) is 17.1. The highest BCUT2D eigenvalue weighted by Gasteiger charge is 2.19. The molecule has 0 aliphatic heterocycles. The Balaban J connectivity index is 2.49. The molecule has 0 spiro atoms. The molecule has 0 bridgehead atoms. The van der Waals surface area contributed by atoms with Gasteiger partial charge in [0.05, 0.1) is 0 Å². The number of guanidine groups is 1. The van der Waals surface area contributed by atoms with Gasteiger partial charge in [0.2, 0.25) is 5.91 Å². The number of ether oxygens (including phenoxy) is 1. The third-order valence-corrected chi connectivity index (χ3v) is 4.11. The molecule has 0 aromatic rings. The maximum atomic E-state index is 11.7. The fraction of sp³-hybridized carbons (Fsp3) is 0.882. The molecule has 0 saturated heterocycles. The summed E-state index contributed by atoms with van der Waals surface area (Å²) in [5.74, 6) is 1.51. The van der Waals surface area contributed by atoms with Gasteiger partial charge in [0.25, 0.3) is 0 Å². The van der Waals surface area contributed by atoms with Gasteiger partial charge in [-0.3, -0.25) is 4.79 Å². The number of nitrogens with zero attached hydrogens (tertiary/aromatic N) is 2. The highest BCUT2D eigenvalue weighted by atomic mass is 16.5. The molecule has 1 saturated carbocycles. The second-order valence-electron chi connectivity index (χ2n) is 6.54. The Morgan fingerprint density at radius 3 is 2.78 bits per heavy atom. The second kappa shape index (κ2) is 11.3. The standard InChI is InChI=1S/C17H34N4O2/c1-5-23-11-7-10-18-17(19-13-16(22)21(3)4)20-15-9-6-8-14(2)12-15/h14-15H,5-13H2,1-4H3,(H2,18,19,20). The third-order valence-electron chi connectivity index (χ3n) is 4.11. The van der Waals surface area contributed by atoms with Crippen molar-refractivity contribution in [2.75, 3.05) is 40.4 Å². The Labute approximate surface area is 141 Å². The molecular weight excluding hydrogens is 292 g/mol. The number of aliphatic imine (C=N–C) groups is 1. The first-order chi connectivity index (χ1) is 11.0. The summed E-state index contributed by atoms with van der Waals surface area (Å²) in [6.45, 7) is 6.76. The van der Waals surface area contributed by atoms with Gasteiger partial charge < -0.3 is 20.3 Å². The minimum Gasteiger partial charge on any atom is -0.382 e. The van der Waals surface area contributed by atoms with Crippen LogP contribution in [0.4, 0.5) is 0 Å². The molecular formula is C17H34N4O2. The van der Waals surface area contributed by atoms with E-state index in [0.29, 0.717) is 6.04 Å². The molecule has 6 nitrogen and oxygen atoms in total. The van der Waals surface area contributed by atoms with Crippen LogP contribution in [0, 0.1) is 5.92 Å². The van der Waals surface area contributed by atoms with Crippen molar-refractivity contribution in [2.45, 2.75) is 52.0 Å². The lowest BCUT2D eigenvalue weighted by molar-refractivity contribution is -0.127. The van der Waals surface area contributed by atoms with Crippen molar-refractivity contribution in [3.05, 3.63) is 0 Å². The highest BCUT2D eigenvalue weighted by Crippen LogP contribution is 2.23. The van der Waals surface area contributed by atoms with Gasteiger partial charge in [0, 0.05) is 39.9 Å². The lowest BCUT2D eigenvalue weighted by Crippen LogP contribution is -2.46. The molecule has 134 valence electrons. The molecule has 6 heteroatoms. The Kier molecular flexibility index (Phi) is 9.67. The molecule has 2 N–H and O–H groups in total. The molecule has 2 atom stereocenters. The van der Waals surface area contributed by atoms with E-state index in [4.69, 9.17) is 4.74 Å². The third kappa shape index (κ3) is 8.79. The van der Waals surface area contributed by atoms with Crippen molar-refractivity contribution in [2.24, 2.45) is 10.9 Å². The van der Waals surface area contributed by atoms with Crippen molar-refractivity contribution in [1.29, 1.82) is 0 Å². The quantitative estimate of drug-likeness (QED) is 0.404. The van der Waals surface area contributed by atoms with E-state index in [1.165, 1.54) is 25.7 Å². The van der Waals surface area contributed by atoms with Crippen LogP contribution in [0.15, 0.2) is 4.99 Å². The van der Waals surface area contributed by atoms with E-state index in [-0.39, 0.29) is 12.5 Å². The zero-order valence-electron chi connectivity index (χ0n) is 15.2. The highest BCUT2D eigenvalue weighted by molar-refractivity contribution is 5.84. The summed E-state index contributed by atoms with van der Waals surface area (Å²) in [5.41, 5.74) is 0. The first kappa shape index (κ1) is 19.7. The summed E-state index contributed by atoms with van der Waals surface area (Å²) in [6, 6.07) is 0.450. The average molecular weight is 326 g/mol. The topological polar surface area (TPSA) is 66.0 Å². The number of likely N-dealkylation sites (N-methyl/N-ethyl adjacent to an activating group) is 1. The fourth-order valence-electron chi connectivity index (χ4n) is 2.72. The molecule has 1 rings (SSSR count). The van der Waals surface area contributed by atoms with Gasteiger partial charge in [-0.25, -0.2) is 4.99 Å². The Morgan fingerprint density at radius 1 is 1.35 bits per heavy atom. The van der Waals surface area contributed by atoms with Crippen molar-refractivity contribution in [3.8, 4) is 0 Å². The van der Waals surface area contributed by atoms with E-state index in [2.05, 4.69) is 22.5 Å². The Hall–Kier alpha value is -1.30. The van der Waals surface area contributed by atoms with E-state index in [1.807, 2.05) is 6.92 Å². The maximum absolute atomic E-state index is 11.7. The van der Waals surface area contributed by atoms with E-state index in [0.717, 1.165) is 38.1 Å². The zero-order valence-corrected chi connectivity index (χ0v) is 15.2. The number of rotatable bonds is 8.